The van der Waals surface area contributed by atoms with Gasteiger partial charge in [0.1, 0.15) is 5.75 Å². The SMILES string of the molecule is COc1cc(C)c(CCN(C)C#N)cc1C(C)C. The standard InChI is InChI=1S/C15H22N2O/c1-11(2)14-9-13(6-7-17(4)10-16)12(3)8-15(14)18-5/h8-9,11H,6-7H2,1-5H3. The highest BCUT2D eigenvalue weighted by atomic mass is 16.5. The zero-order valence-corrected chi connectivity index (χ0v) is 11.9. The summed E-state index contributed by atoms with van der Waals surface area (Å²) in [7, 11) is 3.52. The lowest BCUT2D eigenvalue weighted by Crippen LogP contribution is -2.15. The third-order valence-corrected chi connectivity index (χ3v) is 3.20. The summed E-state index contributed by atoms with van der Waals surface area (Å²) in [6.07, 6.45) is 3.01. The molecule has 0 unspecified atom stereocenters. The second kappa shape index (κ2) is 6.30. The molecule has 0 saturated heterocycles. The van der Waals surface area contributed by atoms with Gasteiger partial charge in [0.2, 0.25) is 0 Å². The van der Waals surface area contributed by atoms with Crippen LogP contribution in [-0.2, 0) is 6.42 Å². The van der Waals surface area contributed by atoms with E-state index in [-0.39, 0.29) is 0 Å². The lowest BCUT2D eigenvalue weighted by Gasteiger charge is -2.17. The van der Waals surface area contributed by atoms with Crippen LogP contribution >= 0.6 is 0 Å². The third kappa shape index (κ3) is 3.40. The van der Waals surface area contributed by atoms with Gasteiger partial charge in [-0.2, -0.15) is 5.26 Å². The molecular weight excluding hydrogens is 224 g/mol. The van der Waals surface area contributed by atoms with Crippen LogP contribution in [0.5, 0.6) is 5.75 Å². The number of nitrogens with zero attached hydrogens (tertiary/aromatic N) is 2. The second-order valence-corrected chi connectivity index (χ2v) is 4.95. The monoisotopic (exact) mass is 246 g/mol. The maximum Gasteiger partial charge on any atom is 0.179 e. The fraction of sp³-hybridized carbons (Fsp3) is 0.533. The molecule has 3 heteroatoms. The molecule has 3 nitrogen and oxygen atoms in total. The van der Waals surface area contributed by atoms with Crippen molar-refractivity contribution in [1.82, 2.24) is 4.90 Å². The van der Waals surface area contributed by atoms with E-state index in [2.05, 4.69) is 39.1 Å². The van der Waals surface area contributed by atoms with Crippen molar-refractivity contribution in [2.45, 2.75) is 33.1 Å². The van der Waals surface area contributed by atoms with Crippen molar-refractivity contribution in [3.8, 4) is 11.9 Å². The number of likely N-dealkylation sites (N-methyl/N-ethyl adjacent to an activating group) is 1. The van der Waals surface area contributed by atoms with E-state index in [0.717, 1.165) is 18.7 Å². The Hall–Kier alpha value is -1.69. The Bertz CT molecular complexity index is 447. The fourth-order valence-electron chi connectivity index (χ4n) is 1.98. The molecule has 0 aliphatic heterocycles. The summed E-state index contributed by atoms with van der Waals surface area (Å²) in [6.45, 7) is 7.17. The molecule has 0 heterocycles. The zero-order valence-electron chi connectivity index (χ0n) is 11.9. The molecule has 0 aliphatic rings. The van der Waals surface area contributed by atoms with Gasteiger partial charge >= 0.3 is 0 Å². The Balaban J connectivity index is 2.99. The fourth-order valence-corrected chi connectivity index (χ4v) is 1.98. The van der Waals surface area contributed by atoms with Crippen LogP contribution in [0.3, 0.4) is 0 Å². The van der Waals surface area contributed by atoms with E-state index in [1.54, 1.807) is 12.0 Å². The first-order valence-corrected chi connectivity index (χ1v) is 6.27. The number of methoxy groups -OCH3 is 1. The van der Waals surface area contributed by atoms with Gasteiger partial charge in [-0.3, -0.25) is 0 Å². The largest absolute Gasteiger partial charge is 0.496 e. The van der Waals surface area contributed by atoms with Crippen molar-refractivity contribution < 1.29 is 4.74 Å². The summed E-state index contributed by atoms with van der Waals surface area (Å²) >= 11 is 0. The smallest absolute Gasteiger partial charge is 0.179 e. The average Bonchev–Trinajstić information content (AvgIpc) is 2.35. The number of hydrogen-bond acceptors (Lipinski definition) is 3. The van der Waals surface area contributed by atoms with Gasteiger partial charge in [-0.1, -0.05) is 19.9 Å². The number of benzene rings is 1. The van der Waals surface area contributed by atoms with Crippen molar-refractivity contribution in [2.24, 2.45) is 0 Å². The minimum absolute atomic E-state index is 0.438. The van der Waals surface area contributed by atoms with E-state index < -0.39 is 0 Å². The molecule has 1 aromatic carbocycles. The van der Waals surface area contributed by atoms with Gasteiger partial charge in [0, 0.05) is 13.6 Å². The van der Waals surface area contributed by atoms with Crippen LogP contribution in [0.2, 0.25) is 0 Å². The molecule has 0 saturated carbocycles. The summed E-state index contributed by atoms with van der Waals surface area (Å²) in [4.78, 5) is 1.65. The Morgan fingerprint density at radius 2 is 2.06 bits per heavy atom. The molecule has 0 aliphatic carbocycles. The highest BCUT2D eigenvalue weighted by Crippen LogP contribution is 2.29. The van der Waals surface area contributed by atoms with Crippen molar-refractivity contribution in [2.75, 3.05) is 20.7 Å². The molecule has 1 rings (SSSR count). The van der Waals surface area contributed by atoms with Crippen LogP contribution in [0.25, 0.3) is 0 Å². The van der Waals surface area contributed by atoms with Crippen LogP contribution < -0.4 is 4.74 Å². The zero-order chi connectivity index (χ0) is 13.7. The van der Waals surface area contributed by atoms with Crippen molar-refractivity contribution >= 4 is 0 Å². The minimum Gasteiger partial charge on any atom is -0.496 e. The quantitative estimate of drug-likeness (QED) is 0.591. The molecule has 0 aromatic heterocycles. The van der Waals surface area contributed by atoms with E-state index in [4.69, 9.17) is 10.00 Å². The molecule has 98 valence electrons. The van der Waals surface area contributed by atoms with Crippen molar-refractivity contribution in [3.63, 3.8) is 0 Å². The van der Waals surface area contributed by atoms with Gasteiger partial charge in [-0.05, 0) is 42.0 Å². The van der Waals surface area contributed by atoms with Gasteiger partial charge in [0.15, 0.2) is 6.19 Å². The Labute approximate surface area is 110 Å². The van der Waals surface area contributed by atoms with Crippen LogP contribution in [0.15, 0.2) is 12.1 Å². The topological polar surface area (TPSA) is 36.3 Å². The highest BCUT2D eigenvalue weighted by molar-refractivity contribution is 5.44. The number of ether oxygens (including phenoxy) is 1. The lowest BCUT2D eigenvalue weighted by atomic mass is 9.95. The molecule has 18 heavy (non-hydrogen) atoms. The second-order valence-electron chi connectivity index (χ2n) is 4.95. The average molecular weight is 246 g/mol. The number of aryl methyl sites for hydroxylation is 1. The molecule has 0 radical (unpaired) electrons. The van der Waals surface area contributed by atoms with E-state index in [1.165, 1.54) is 16.7 Å². The molecule has 0 N–H and O–H groups in total. The van der Waals surface area contributed by atoms with Gasteiger partial charge in [-0.25, -0.2) is 0 Å². The molecular formula is C15H22N2O. The molecule has 0 spiro atoms. The van der Waals surface area contributed by atoms with Gasteiger partial charge in [0.05, 0.1) is 7.11 Å². The highest BCUT2D eigenvalue weighted by Gasteiger charge is 2.11. The third-order valence-electron chi connectivity index (χ3n) is 3.20. The summed E-state index contributed by atoms with van der Waals surface area (Å²) in [5.74, 6) is 1.40. The normalized spacial score (nSPS) is 10.3. The van der Waals surface area contributed by atoms with E-state index >= 15 is 0 Å². The number of rotatable bonds is 5. The Morgan fingerprint density at radius 1 is 1.39 bits per heavy atom. The van der Waals surface area contributed by atoms with E-state index in [0.29, 0.717) is 5.92 Å². The Morgan fingerprint density at radius 3 is 2.56 bits per heavy atom. The van der Waals surface area contributed by atoms with Crippen LogP contribution in [0.1, 0.15) is 36.5 Å². The van der Waals surface area contributed by atoms with Crippen molar-refractivity contribution in [3.05, 3.63) is 28.8 Å². The van der Waals surface area contributed by atoms with Crippen molar-refractivity contribution in [1.29, 1.82) is 5.26 Å². The molecule has 1 aromatic rings. The molecule has 0 atom stereocenters. The predicted molar refractivity (Wildman–Crippen MR) is 73.8 cm³/mol. The summed E-state index contributed by atoms with van der Waals surface area (Å²) in [6, 6.07) is 4.31. The van der Waals surface area contributed by atoms with E-state index in [1.807, 2.05) is 7.05 Å². The van der Waals surface area contributed by atoms with Gasteiger partial charge in [-0.15, -0.1) is 0 Å². The lowest BCUT2D eigenvalue weighted by molar-refractivity contribution is 0.406. The first-order chi connectivity index (χ1) is 8.49. The van der Waals surface area contributed by atoms with Gasteiger partial charge < -0.3 is 9.64 Å². The minimum atomic E-state index is 0.438. The summed E-state index contributed by atoms with van der Waals surface area (Å²) in [5.41, 5.74) is 3.75. The van der Waals surface area contributed by atoms with Gasteiger partial charge in [0.25, 0.3) is 0 Å². The van der Waals surface area contributed by atoms with Crippen LogP contribution in [-0.4, -0.2) is 25.6 Å². The molecule has 0 bridgehead atoms. The predicted octanol–water partition coefficient (Wildman–Crippen LogP) is 3.08. The number of nitriles is 1. The first-order valence-electron chi connectivity index (χ1n) is 6.27. The van der Waals surface area contributed by atoms with Crippen LogP contribution in [0, 0.1) is 18.4 Å². The molecule has 0 fully saturated rings. The first kappa shape index (κ1) is 14.4. The summed E-state index contributed by atoms with van der Waals surface area (Å²) in [5, 5.41) is 8.76. The Kier molecular flexibility index (Phi) is 5.03. The summed E-state index contributed by atoms with van der Waals surface area (Å²) < 4.78 is 5.43. The number of hydrogen-bond donors (Lipinski definition) is 0. The molecule has 0 amide bonds. The van der Waals surface area contributed by atoms with Crippen LogP contribution in [0.4, 0.5) is 0 Å². The maximum absolute atomic E-state index is 8.76. The van der Waals surface area contributed by atoms with E-state index in [9.17, 15) is 0 Å². The maximum atomic E-state index is 8.76.